The molecule has 45 heavy (non-hydrogen) atoms. The SMILES string of the molecule is COc1cc(OC2OC(COC3OC(C)C(O)C(O)C3O)C(O)C(O)C2OC2OC(C)C(O)C(O)C2O)c2oc(=O)ccc2c1. The normalized spacial score (nSPS) is 42.4. The van der Waals surface area contributed by atoms with Crippen LogP contribution in [0.15, 0.2) is 33.5 Å². The number of aliphatic hydroxyl groups is 8. The standard InChI is InChI=1S/C28H38O17/c1-9-16(30)19(33)22(36)26(40-9)39-8-14-18(32)21(35)25(45-27-23(37)20(34)17(31)10(2)41-27)28(43-14)42-13-7-12(38-3)6-11-4-5-15(29)44-24(11)13/h4-7,9-10,14,16-23,25-28,30-37H,8H2,1-3H3. The summed E-state index contributed by atoms with van der Waals surface area (Å²) < 4.78 is 44.9. The van der Waals surface area contributed by atoms with Crippen LogP contribution >= 0.6 is 0 Å². The highest BCUT2D eigenvalue weighted by atomic mass is 16.8. The van der Waals surface area contributed by atoms with E-state index in [1.165, 1.54) is 39.2 Å². The van der Waals surface area contributed by atoms with Gasteiger partial charge in [0, 0.05) is 17.5 Å². The Morgan fingerprint density at radius 2 is 1.33 bits per heavy atom. The molecule has 3 aliphatic heterocycles. The van der Waals surface area contributed by atoms with Crippen LogP contribution in [0.5, 0.6) is 11.5 Å². The topological polar surface area (TPSA) is 257 Å². The van der Waals surface area contributed by atoms with Gasteiger partial charge < -0.3 is 78.4 Å². The van der Waals surface area contributed by atoms with Crippen LogP contribution in [0.1, 0.15) is 13.8 Å². The molecule has 17 heteroatoms. The number of methoxy groups -OCH3 is 1. The van der Waals surface area contributed by atoms with Crippen molar-refractivity contribution in [3.05, 3.63) is 34.7 Å². The van der Waals surface area contributed by atoms with Gasteiger partial charge >= 0.3 is 5.63 Å². The zero-order valence-corrected chi connectivity index (χ0v) is 24.4. The molecule has 1 aromatic carbocycles. The summed E-state index contributed by atoms with van der Waals surface area (Å²) in [6.07, 6.45) is -22.8. The quantitative estimate of drug-likeness (QED) is 0.131. The van der Waals surface area contributed by atoms with Gasteiger partial charge in [-0.3, -0.25) is 0 Å². The molecule has 1 aromatic heterocycles. The minimum Gasteiger partial charge on any atom is -0.497 e. The molecule has 5 rings (SSSR count). The van der Waals surface area contributed by atoms with Crippen LogP contribution in [-0.2, 0) is 23.7 Å². The Morgan fingerprint density at radius 3 is 1.98 bits per heavy atom. The van der Waals surface area contributed by atoms with Crippen LogP contribution in [0.4, 0.5) is 0 Å². The molecule has 0 saturated carbocycles. The first-order chi connectivity index (χ1) is 21.3. The second-order valence-corrected chi connectivity index (χ2v) is 11.2. The van der Waals surface area contributed by atoms with Gasteiger partial charge in [0.15, 0.2) is 30.0 Å². The summed E-state index contributed by atoms with van der Waals surface area (Å²) in [7, 11) is 1.39. The van der Waals surface area contributed by atoms with Gasteiger partial charge in [0.2, 0.25) is 6.29 Å². The van der Waals surface area contributed by atoms with Crippen molar-refractivity contribution in [3.63, 3.8) is 0 Å². The maximum absolute atomic E-state index is 12.1. The van der Waals surface area contributed by atoms with Crippen LogP contribution in [0.25, 0.3) is 11.0 Å². The van der Waals surface area contributed by atoms with Gasteiger partial charge in [-0.05, 0) is 26.0 Å². The van der Waals surface area contributed by atoms with Crippen LogP contribution in [0, 0.1) is 0 Å². The van der Waals surface area contributed by atoms with Crippen LogP contribution in [0.2, 0.25) is 0 Å². The van der Waals surface area contributed by atoms with E-state index >= 15 is 0 Å². The number of fused-ring (bicyclic) bond motifs is 1. The summed E-state index contributed by atoms with van der Waals surface area (Å²) in [5.74, 6) is 0.185. The van der Waals surface area contributed by atoms with Gasteiger partial charge in [0.05, 0.1) is 25.9 Å². The lowest BCUT2D eigenvalue weighted by atomic mass is 9.97. The Hall–Kier alpha value is -2.49. The first kappa shape index (κ1) is 33.9. The average molecular weight is 647 g/mol. The molecule has 0 aliphatic carbocycles. The lowest BCUT2D eigenvalue weighted by Gasteiger charge is -2.46. The largest absolute Gasteiger partial charge is 0.497 e. The maximum Gasteiger partial charge on any atom is 0.336 e. The van der Waals surface area contributed by atoms with Crippen LogP contribution in [0.3, 0.4) is 0 Å². The minimum absolute atomic E-state index is 0.0274. The molecule has 0 amide bonds. The van der Waals surface area contributed by atoms with Gasteiger partial charge in [-0.25, -0.2) is 4.79 Å². The molecule has 3 aliphatic rings. The monoisotopic (exact) mass is 646 g/mol. The van der Waals surface area contributed by atoms with Crippen molar-refractivity contribution in [1.29, 1.82) is 0 Å². The van der Waals surface area contributed by atoms with E-state index in [-0.39, 0.29) is 17.1 Å². The first-order valence-corrected chi connectivity index (χ1v) is 14.3. The zero-order valence-electron chi connectivity index (χ0n) is 24.4. The number of aliphatic hydroxyl groups excluding tert-OH is 8. The summed E-state index contributed by atoms with van der Waals surface area (Å²) in [5.41, 5.74) is -0.732. The van der Waals surface area contributed by atoms with Gasteiger partial charge in [0.1, 0.15) is 60.7 Å². The van der Waals surface area contributed by atoms with Crippen LogP contribution in [-0.4, -0.2) is 147 Å². The highest BCUT2D eigenvalue weighted by Gasteiger charge is 2.52. The van der Waals surface area contributed by atoms with E-state index < -0.39 is 104 Å². The molecular weight excluding hydrogens is 608 g/mol. The van der Waals surface area contributed by atoms with Crippen molar-refractivity contribution in [3.8, 4) is 11.5 Å². The smallest absolute Gasteiger partial charge is 0.336 e. The van der Waals surface area contributed by atoms with Crippen molar-refractivity contribution in [2.75, 3.05) is 13.7 Å². The summed E-state index contributed by atoms with van der Waals surface area (Å²) in [6.45, 7) is 2.33. The summed E-state index contributed by atoms with van der Waals surface area (Å²) >= 11 is 0. The Morgan fingerprint density at radius 1 is 0.711 bits per heavy atom. The lowest BCUT2D eigenvalue weighted by Crippen LogP contribution is -2.65. The molecular formula is C28H38O17. The van der Waals surface area contributed by atoms with Crippen molar-refractivity contribution in [2.45, 2.75) is 106 Å². The van der Waals surface area contributed by atoms with Gasteiger partial charge in [-0.15, -0.1) is 0 Å². The number of benzene rings is 1. The lowest BCUT2D eigenvalue weighted by molar-refractivity contribution is -0.359. The molecule has 2 aromatic rings. The molecule has 15 unspecified atom stereocenters. The van der Waals surface area contributed by atoms with Gasteiger partial charge in [0.25, 0.3) is 0 Å². The number of rotatable bonds is 8. The van der Waals surface area contributed by atoms with E-state index in [1.807, 2.05) is 0 Å². The highest BCUT2D eigenvalue weighted by Crippen LogP contribution is 2.35. The third kappa shape index (κ3) is 6.82. The van der Waals surface area contributed by atoms with E-state index in [4.69, 9.17) is 37.6 Å². The Labute approximate surface area is 255 Å². The second kappa shape index (κ2) is 13.7. The molecule has 0 bridgehead atoms. The predicted molar refractivity (Wildman–Crippen MR) is 146 cm³/mol. The maximum atomic E-state index is 12.1. The van der Waals surface area contributed by atoms with Crippen molar-refractivity contribution < 1.29 is 78.4 Å². The first-order valence-electron chi connectivity index (χ1n) is 14.3. The molecule has 252 valence electrons. The molecule has 3 fully saturated rings. The zero-order chi connectivity index (χ0) is 32.7. The third-order valence-corrected chi connectivity index (χ3v) is 8.11. The van der Waals surface area contributed by atoms with E-state index in [9.17, 15) is 45.6 Å². The van der Waals surface area contributed by atoms with Gasteiger partial charge in [-0.1, -0.05) is 0 Å². The molecule has 15 atom stereocenters. The highest BCUT2D eigenvalue weighted by molar-refractivity contribution is 5.84. The number of hydrogen-bond acceptors (Lipinski definition) is 17. The Kier molecular flexibility index (Phi) is 10.3. The van der Waals surface area contributed by atoms with E-state index in [1.54, 1.807) is 6.07 Å². The fourth-order valence-electron chi connectivity index (χ4n) is 5.36. The Balaban J connectivity index is 1.43. The summed E-state index contributed by atoms with van der Waals surface area (Å²) in [6, 6.07) is 5.58. The number of hydrogen-bond donors (Lipinski definition) is 8. The fourth-order valence-corrected chi connectivity index (χ4v) is 5.36. The van der Waals surface area contributed by atoms with E-state index in [0.29, 0.717) is 5.39 Å². The molecule has 8 N–H and O–H groups in total. The summed E-state index contributed by atoms with van der Waals surface area (Å²) in [5, 5.41) is 83.9. The molecule has 0 spiro atoms. The van der Waals surface area contributed by atoms with Crippen molar-refractivity contribution in [1.82, 2.24) is 0 Å². The minimum atomic E-state index is -1.83. The molecule has 3 saturated heterocycles. The molecule has 17 nitrogen and oxygen atoms in total. The van der Waals surface area contributed by atoms with E-state index in [2.05, 4.69) is 0 Å². The summed E-state index contributed by atoms with van der Waals surface area (Å²) in [4.78, 5) is 12.1. The van der Waals surface area contributed by atoms with E-state index in [0.717, 1.165) is 0 Å². The van der Waals surface area contributed by atoms with Crippen LogP contribution < -0.4 is 15.1 Å². The van der Waals surface area contributed by atoms with Gasteiger partial charge in [-0.2, -0.15) is 0 Å². The average Bonchev–Trinajstić information content (AvgIpc) is 3.02. The third-order valence-electron chi connectivity index (χ3n) is 8.11. The predicted octanol–water partition coefficient (Wildman–Crippen LogP) is -3.32. The fraction of sp³-hybridized carbons (Fsp3) is 0.679. The second-order valence-electron chi connectivity index (χ2n) is 11.2. The Bertz CT molecular complexity index is 1350. The van der Waals surface area contributed by atoms with Crippen molar-refractivity contribution >= 4 is 11.0 Å². The molecule has 4 heterocycles. The molecule has 0 radical (unpaired) electrons. The number of ether oxygens (including phenoxy) is 7. The van der Waals surface area contributed by atoms with Crippen molar-refractivity contribution in [2.24, 2.45) is 0 Å².